The Labute approximate surface area is 155 Å². The highest BCUT2D eigenvalue weighted by atomic mass is 16.5. The number of hydrogen-bond acceptors (Lipinski definition) is 4. The van der Waals surface area contributed by atoms with Crippen LogP contribution in [0.5, 0.6) is 5.75 Å². The molecule has 0 aliphatic carbocycles. The molecular formula is C19H30N4O3. The molecular weight excluding hydrogens is 332 g/mol. The lowest BCUT2D eigenvalue weighted by Crippen LogP contribution is -2.57. The van der Waals surface area contributed by atoms with Crippen molar-refractivity contribution in [1.29, 1.82) is 0 Å². The predicted molar refractivity (Wildman–Crippen MR) is 102 cm³/mol. The van der Waals surface area contributed by atoms with E-state index in [4.69, 9.17) is 10.5 Å². The van der Waals surface area contributed by atoms with E-state index in [0.717, 1.165) is 30.9 Å². The Kier molecular flexibility index (Phi) is 7.12. The molecule has 2 rings (SSSR count). The first-order chi connectivity index (χ1) is 12.5. The highest BCUT2D eigenvalue weighted by molar-refractivity contribution is 5.87. The maximum absolute atomic E-state index is 12.9. The predicted octanol–water partition coefficient (Wildman–Crippen LogP) is 1.82. The summed E-state index contributed by atoms with van der Waals surface area (Å²) in [4.78, 5) is 28.2. The number of carbonyl (C=O) groups excluding carboxylic acids is 2. The maximum Gasteiger partial charge on any atom is 0.312 e. The van der Waals surface area contributed by atoms with Crippen LogP contribution < -0.4 is 20.7 Å². The van der Waals surface area contributed by atoms with E-state index in [1.807, 2.05) is 49.9 Å². The first-order valence-electron chi connectivity index (χ1n) is 9.29. The second-order valence-corrected chi connectivity index (χ2v) is 6.58. The zero-order valence-electron chi connectivity index (χ0n) is 15.9. The van der Waals surface area contributed by atoms with E-state index >= 15 is 0 Å². The SMILES string of the molecule is CCOc1ccccc1N1CCN(C(=O)C(NC(N)=O)C(C)CC)CC1. The summed E-state index contributed by atoms with van der Waals surface area (Å²) in [5.74, 6) is 0.838. The minimum Gasteiger partial charge on any atom is -0.492 e. The minimum atomic E-state index is -0.659. The van der Waals surface area contributed by atoms with Gasteiger partial charge in [0.2, 0.25) is 5.91 Å². The number of carbonyl (C=O) groups is 2. The number of ether oxygens (including phenoxy) is 1. The van der Waals surface area contributed by atoms with Crippen LogP contribution in [-0.4, -0.2) is 55.7 Å². The first kappa shape index (κ1) is 19.9. The van der Waals surface area contributed by atoms with Gasteiger partial charge in [0.1, 0.15) is 11.8 Å². The summed E-state index contributed by atoms with van der Waals surface area (Å²) >= 11 is 0. The van der Waals surface area contributed by atoms with Crippen LogP contribution in [0.25, 0.3) is 0 Å². The number of para-hydroxylation sites is 2. The third-order valence-electron chi connectivity index (χ3n) is 4.87. The summed E-state index contributed by atoms with van der Waals surface area (Å²) in [5.41, 5.74) is 6.30. The number of nitrogens with zero attached hydrogens (tertiary/aromatic N) is 2. The van der Waals surface area contributed by atoms with Gasteiger partial charge >= 0.3 is 6.03 Å². The monoisotopic (exact) mass is 362 g/mol. The zero-order valence-corrected chi connectivity index (χ0v) is 15.9. The summed E-state index contributed by atoms with van der Waals surface area (Å²) in [6.45, 7) is 9.18. The summed E-state index contributed by atoms with van der Waals surface area (Å²) in [6, 6.07) is 6.73. The number of amides is 3. The largest absolute Gasteiger partial charge is 0.492 e. The van der Waals surface area contributed by atoms with Crippen molar-refractivity contribution in [3.63, 3.8) is 0 Å². The Balaban J connectivity index is 2.03. The van der Waals surface area contributed by atoms with Crippen LogP contribution in [-0.2, 0) is 4.79 Å². The van der Waals surface area contributed by atoms with Gasteiger partial charge in [-0.3, -0.25) is 4.79 Å². The van der Waals surface area contributed by atoms with E-state index in [1.54, 1.807) is 0 Å². The number of primary amides is 1. The zero-order chi connectivity index (χ0) is 19.1. The van der Waals surface area contributed by atoms with E-state index in [0.29, 0.717) is 19.7 Å². The van der Waals surface area contributed by atoms with Crippen molar-refractivity contribution in [3.8, 4) is 5.75 Å². The molecule has 2 atom stereocenters. The van der Waals surface area contributed by atoms with Crippen LogP contribution in [0.4, 0.5) is 10.5 Å². The smallest absolute Gasteiger partial charge is 0.312 e. The van der Waals surface area contributed by atoms with Gasteiger partial charge in [-0.05, 0) is 25.0 Å². The van der Waals surface area contributed by atoms with Gasteiger partial charge in [0, 0.05) is 26.2 Å². The molecule has 2 unspecified atom stereocenters. The summed E-state index contributed by atoms with van der Waals surface area (Å²) in [6.07, 6.45) is 0.790. The van der Waals surface area contributed by atoms with Gasteiger partial charge in [-0.25, -0.2) is 4.79 Å². The Hall–Kier alpha value is -2.44. The van der Waals surface area contributed by atoms with Crippen molar-refractivity contribution >= 4 is 17.6 Å². The summed E-state index contributed by atoms with van der Waals surface area (Å²) in [7, 11) is 0. The van der Waals surface area contributed by atoms with Crippen LogP contribution in [0.2, 0.25) is 0 Å². The lowest BCUT2D eigenvalue weighted by molar-refractivity contribution is -0.134. The number of nitrogens with two attached hydrogens (primary N) is 1. The Morgan fingerprint density at radius 1 is 1.19 bits per heavy atom. The fraction of sp³-hybridized carbons (Fsp3) is 0.579. The molecule has 26 heavy (non-hydrogen) atoms. The molecule has 1 heterocycles. The number of hydrogen-bond donors (Lipinski definition) is 2. The highest BCUT2D eigenvalue weighted by Gasteiger charge is 2.31. The third kappa shape index (κ3) is 4.80. The second kappa shape index (κ2) is 9.31. The Morgan fingerprint density at radius 3 is 2.42 bits per heavy atom. The van der Waals surface area contributed by atoms with Crippen molar-refractivity contribution in [2.45, 2.75) is 33.2 Å². The van der Waals surface area contributed by atoms with Gasteiger partial charge in [-0.1, -0.05) is 32.4 Å². The van der Waals surface area contributed by atoms with Crippen LogP contribution in [0.3, 0.4) is 0 Å². The fourth-order valence-corrected chi connectivity index (χ4v) is 3.20. The number of piperazine rings is 1. The molecule has 144 valence electrons. The molecule has 3 N–H and O–H groups in total. The van der Waals surface area contributed by atoms with Crippen LogP contribution in [0.1, 0.15) is 27.2 Å². The molecule has 1 saturated heterocycles. The highest BCUT2D eigenvalue weighted by Crippen LogP contribution is 2.29. The molecule has 7 heteroatoms. The average molecular weight is 362 g/mol. The molecule has 0 aromatic heterocycles. The van der Waals surface area contributed by atoms with E-state index in [-0.39, 0.29) is 11.8 Å². The van der Waals surface area contributed by atoms with Gasteiger partial charge in [0.05, 0.1) is 12.3 Å². The van der Waals surface area contributed by atoms with Gasteiger partial charge in [0.25, 0.3) is 0 Å². The standard InChI is InChI=1S/C19H30N4O3/c1-4-14(3)17(21-19(20)25)18(24)23-12-10-22(11-13-23)15-8-6-7-9-16(15)26-5-2/h6-9,14,17H,4-5,10-13H2,1-3H3,(H3,20,21,25). The molecule has 1 aromatic carbocycles. The molecule has 7 nitrogen and oxygen atoms in total. The molecule has 0 bridgehead atoms. The first-order valence-corrected chi connectivity index (χ1v) is 9.29. The van der Waals surface area contributed by atoms with Gasteiger partial charge in [-0.15, -0.1) is 0 Å². The minimum absolute atomic E-state index is 0.0340. The van der Waals surface area contributed by atoms with Crippen LogP contribution >= 0.6 is 0 Å². The van der Waals surface area contributed by atoms with Crippen molar-refractivity contribution in [2.24, 2.45) is 11.7 Å². The van der Waals surface area contributed by atoms with Crippen molar-refractivity contribution in [3.05, 3.63) is 24.3 Å². The Morgan fingerprint density at radius 2 is 1.85 bits per heavy atom. The van der Waals surface area contributed by atoms with Gasteiger partial charge in [-0.2, -0.15) is 0 Å². The lowest BCUT2D eigenvalue weighted by Gasteiger charge is -2.38. The number of nitrogens with one attached hydrogen (secondary N) is 1. The van der Waals surface area contributed by atoms with Gasteiger partial charge < -0.3 is 25.6 Å². The van der Waals surface area contributed by atoms with Gasteiger partial charge in [0.15, 0.2) is 0 Å². The van der Waals surface area contributed by atoms with E-state index in [2.05, 4.69) is 10.2 Å². The average Bonchev–Trinajstić information content (AvgIpc) is 2.66. The van der Waals surface area contributed by atoms with Crippen molar-refractivity contribution < 1.29 is 14.3 Å². The van der Waals surface area contributed by atoms with E-state index < -0.39 is 12.1 Å². The molecule has 0 spiro atoms. The summed E-state index contributed by atoms with van der Waals surface area (Å²) < 4.78 is 5.71. The van der Waals surface area contributed by atoms with Crippen LogP contribution in [0, 0.1) is 5.92 Å². The molecule has 1 aliphatic rings. The van der Waals surface area contributed by atoms with Crippen LogP contribution in [0.15, 0.2) is 24.3 Å². The second-order valence-electron chi connectivity index (χ2n) is 6.58. The number of benzene rings is 1. The maximum atomic E-state index is 12.9. The number of urea groups is 1. The fourth-order valence-electron chi connectivity index (χ4n) is 3.20. The van der Waals surface area contributed by atoms with E-state index in [1.165, 1.54) is 0 Å². The molecule has 0 saturated carbocycles. The van der Waals surface area contributed by atoms with E-state index in [9.17, 15) is 9.59 Å². The number of rotatable bonds is 7. The quantitative estimate of drug-likeness (QED) is 0.774. The topological polar surface area (TPSA) is 87.9 Å². The lowest BCUT2D eigenvalue weighted by atomic mass is 9.97. The molecule has 1 aromatic rings. The summed E-state index contributed by atoms with van der Waals surface area (Å²) in [5, 5.41) is 2.61. The molecule has 1 fully saturated rings. The molecule has 1 aliphatic heterocycles. The molecule has 3 amide bonds. The normalized spacial score (nSPS) is 16.7. The van der Waals surface area contributed by atoms with Crippen molar-refractivity contribution in [1.82, 2.24) is 10.2 Å². The van der Waals surface area contributed by atoms with Crippen molar-refractivity contribution in [2.75, 3.05) is 37.7 Å². The Bertz CT molecular complexity index is 615. The molecule has 0 radical (unpaired) electrons. The number of anilines is 1. The third-order valence-corrected chi connectivity index (χ3v) is 4.87.